The lowest BCUT2D eigenvalue weighted by Gasteiger charge is -2.00. The molecule has 0 aromatic heterocycles. The van der Waals surface area contributed by atoms with Crippen molar-refractivity contribution in [1.82, 2.24) is 5.48 Å². The van der Waals surface area contributed by atoms with E-state index < -0.39 is 0 Å². The first kappa shape index (κ1) is 5.59. The molecule has 1 heterocycles. The first-order chi connectivity index (χ1) is 3.83. The number of aliphatic hydroxyl groups excluding tert-OH is 1. The molecule has 0 radical (unpaired) electrons. The van der Waals surface area contributed by atoms with Crippen LogP contribution < -0.4 is 5.48 Å². The number of hydrogen-bond acceptors (Lipinski definition) is 3. The lowest BCUT2D eigenvalue weighted by atomic mass is 10.3. The summed E-state index contributed by atoms with van der Waals surface area (Å²) in [6.45, 7) is 1.93. The molecule has 0 aliphatic carbocycles. The van der Waals surface area contributed by atoms with Gasteiger partial charge in [0, 0.05) is 0 Å². The van der Waals surface area contributed by atoms with Crippen LogP contribution in [0.1, 0.15) is 6.92 Å². The van der Waals surface area contributed by atoms with Crippen molar-refractivity contribution < 1.29 is 9.94 Å². The smallest absolute Gasteiger partial charge is 0.119 e. The van der Waals surface area contributed by atoms with Gasteiger partial charge in [0.1, 0.15) is 5.76 Å². The molecule has 3 nitrogen and oxygen atoms in total. The average Bonchev–Trinajstić information content (AvgIpc) is 2.14. The van der Waals surface area contributed by atoms with E-state index in [1.165, 1.54) is 0 Å². The molecule has 1 aliphatic heterocycles. The van der Waals surface area contributed by atoms with Gasteiger partial charge in [0.15, 0.2) is 0 Å². The second-order valence-corrected chi connectivity index (χ2v) is 1.79. The van der Waals surface area contributed by atoms with Gasteiger partial charge in [-0.3, -0.25) is 0 Å². The summed E-state index contributed by atoms with van der Waals surface area (Å²) in [6.07, 6.45) is 1.83. The van der Waals surface area contributed by atoms with Gasteiger partial charge in [0.05, 0.1) is 12.6 Å². The zero-order valence-electron chi connectivity index (χ0n) is 4.72. The van der Waals surface area contributed by atoms with Gasteiger partial charge in [0.25, 0.3) is 0 Å². The molecular formula is C5H9NO2. The molecule has 1 aliphatic rings. The number of nitrogens with one attached hydrogen (secondary N) is 1. The zero-order chi connectivity index (χ0) is 5.98. The number of aliphatic hydroxyl groups is 1. The molecule has 0 amide bonds. The van der Waals surface area contributed by atoms with E-state index in [0.29, 0.717) is 0 Å². The summed E-state index contributed by atoms with van der Waals surface area (Å²) in [5.41, 5.74) is 2.61. The van der Waals surface area contributed by atoms with Crippen molar-refractivity contribution in [3.05, 3.63) is 11.8 Å². The summed E-state index contributed by atoms with van der Waals surface area (Å²) in [4.78, 5) is 4.81. The van der Waals surface area contributed by atoms with E-state index >= 15 is 0 Å². The SMILES string of the molecule is CC1=C[C@@H](CO)NO1. The normalized spacial score (nSPS) is 27.2. The van der Waals surface area contributed by atoms with Crippen molar-refractivity contribution >= 4 is 0 Å². The van der Waals surface area contributed by atoms with Crippen molar-refractivity contribution in [1.29, 1.82) is 0 Å². The third-order valence-electron chi connectivity index (χ3n) is 1.00. The minimum atomic E-state index is -0.00463. The molecule has 0 spiro atoms. The minimum absolute atomic E-state index is 0.00463. The van der Waals surface area contributed by atoms with Crippen LogP contribution in [0.15, 0.2) is 11.8 Å². The topological polar surface area (TPSA) is 41.5 Å². The van der Waals surface area contributed by atoms with E-state index in [0.717, 1.165) is 5.76 Å². The second-order valence-electron chi connectivity index (χ2n) is 1.79. The molecule has 1 atom stereocenters. The highest BCUT2D eigenvalue weighted by Crippen LogP contribution is 2.03. The Bertz CT molecular complexity index is 111. The minimum Gasteiger partial charge on any atom is -0.413 e. The fraction of sp³-hybridized carbons (Fsp3) is 0.600. The number of hydroxylamine groups is 1. The van der Waals surface area contributed by atoms with Crippen LogP contribution in [0.4, 0.5) is 0 Å². The highest BCUT2D eigenvalue weighted by Gasteiger charge is 2.10. The molecule has 0 fully saturated rings. The van der Waals surface area contributed by atoms with Gasteiger partial charge in [-0.2, -0.15) is 0 Å². The summed E-state index contributed by atoms with van der Waals surface area (Å²) >= 11 is 0. The molecule has 0 aromatic rings. The van der Waals surface area contributed by atoms with Gasteiger partial charge >= 0.3 is 0 Å². The van der Waals surface area contributed by atoms with Gasteiger partial charge in [-0.25, -0.2) is 0 Å². The molecule has 0 saturated heterocycles. The fourth-order valence-electron chi connectivity index (χ4n) is 0.610. The molecule has 3 heteroatoms. The van der Waals surface area contributed by atoms with Gasteiger partial charge < -0.3 is 9.94 Å². The van der Waals surface area contributed by atoms with E-state index in [4.69, 9.17) is 9.94 Å². The molecule has 1 rings (SSSR count). The Morgan fingerprint density at radius 2 is 2.75 bits per heavy atom. The van der Waals surface area contributed by atoms with Crippen LogP contribution in [0.5, 0.6) is 0 Å². The molecule has 8 heavy (non-hydrogen) atoms. The lowest BCUT2D eigenvalue weighted by Crippen LogP contribution is -2.24. The number of rotatable bonds is 1. The molecule has 0 saturated carbocycles. The van der Waals surface area contributed by atoms with Gasteiger partial charge in [-0.1, -0.05) is 0 Å². The Kier molecular flexibility index (Phi) is 1.50. The van der Waals surface area contributed by atoms with Crippen molar-refractivity contribution in [3.8, 4) is 0 Å². The summed E-state index contributed by atoms with van der Waals surface area (Å²) < 4.78 is 0. The van der Waals surface area contributed by atoms with Crippen LogP contribution in [-0.2, 0) is 4.84 Å². The maximum absolute atomic E-state index is 8.50. The predicted molar refractivity (Wildman–Crippen MR) is 28.9 cm³/mol. The summed E-state index contributed by atoms with van der Waals surface area (Å²) in [5, 5.41) is 8.50. The first-order valence-corrected chi connectivity index (χ1v) is 2.54. The van der Waals surface area contributed by atoms with Crippen LogP contribution in [-0.4, -0.2) is 17.8 Å². The summed E-state index contributed by atoms with van der Waals surface area (Å²) in [6, 6.07) is -0.00463. The van der Waals surface area contributed by atoms with Crippen LogP contribution in [0.3, 0.4) is 0 Å². The quantitative estimate of drug-likeness (QED) is 0.496. The van der Waals surface area contributed by atoms with Crippen LogP contribution >= 0.6 is 0 Å². The third kappa shape index (κ3) is 0.993. The van der Waals surface area contributed by atoms with Crippen molar-refractivity contribution in [2.75, 3.05) is 6.61 Å². The van der Waals surface area contributed by atoms with E-state index in [-0.39, 0.29) is 12.6 Å². The van der Waals surface area contributed by atoms with E-state index in [9.17, 15) is 0 Å². The summed E-state index contributed by atoms with van der Waals surface area (Å²) in [7, 11) is 0. The first-order valence-electron chi connectivity index (χ1n) is 2.54. The molecular weight excluding hydrogens is 106 g/mol. The Hall–Kier alpha value is -0.540. The third-order valence-corrected chi connectivity index (χ3v) is 1.00. The van der Waals surface area contributed by atoms with Crippen LogP contribution in [0, 0.1) is 0 Å². The maximum Gasteiger partial charge on any atom is 0.119 e. The standard InChI is InChI=1S/C5H9NO2/c1-4-2-5(3-7)6-8-4/h2,5-7H,3H2,1H3/t5-/m0/s1. The van der Waals surface area contributed by atoms with Gasteiger partial charge in [0.2, 0.25) is 0 Å². The average molecular weight is 115 g/mol. The lowest BCUT2D eigenvalue weighted by molar-refractivity contribution is 0.0970. The van der Waals surface area contributed by atoms with Gasteiger partial charge in [-0.05, 0) is 13.0 Å². The highest BCUT2D eigenvalue weighted by molar-refractivity contribution is 5.00. The molecule has 2 N–H and O–H groups in total. The monoisotopic (exact) mass is 115 g/mol. The molecule has 0 aromatic carbocycles. The zero-order valence-corrected chi connectivity index (χ0v) is 4.72. The molecule has 0 unspecified atom stereocenters. The van der Waals surface area contributed by atoms with E-state index in [1.807, 2.05) is 13.0 Å². The summed E-state index contributed by atoms with van der Waals surface area (Å²) in [5.74, 6) is 0.823. The Morgan fingerprint density at radius 1 is 2.00 bits per heavy atom. The van der Waals surface area contributed by atoms with E-state index in [2.05, 4.69) is 5.48 Å². The number of hydrogen-bond donors (Lipinski definition) is 2. The highest BCUT2D eigenvalue weighted by atomic mass is 16.7. The van der Waals surface area contributed by atoms with Crippen LogP contribution in [0.25, 0.3) is 0 Å². The van der Waals surface area contributed by atoms with Crippen LogP contribution in [0.2, 0.25) is 0 Å². The molecule has 0 bridgehead atoms. The second kappa shape index (κ2) is 2.15. The Labute approximate surface area is 47.9 Å². The Balaban J connectivity index is 2.41. The fourth-order valence-corrected chi connectivity index (χ4v) is 0.610. The molecule has 46 valence electrons. The Morgan fingerprint density at radius 3 is 3.00 bits per heavy atom. The van der Waals surface area contributed by atoms with Crippen molar-refractivity contribution in [2.24, 2.45) is 0 Å². The van der Waals surface area contributed by atoms with Crippen molar-refractivity contribution in [3.63, 3.8) is 0 Å². The maximum atomic E-state index is 8.50. The van der Waals surface area contributed by atoms with Crippen molar-refractivity contribution in [2.45, 2.75) is 13.0 Å². The largest absolute Gasteiger partial charge is 0.413 e. The van der Waals surface area contributed by atoms with Gasteiger partial charge in [-0.15, -0.1) is 5.48 Å². The predicted octanol–water partition coefficient (Wildman–Crippen LogP) is -0.214. The van der Waals surface area contributed by atoms with E-state index in [1.54, 1.807) is 0 Å². The number of allylic oxidation sites excluding steroid dienone is 1.